The highest BCUT2D eigenvalue weighted by molar-refractivity contribution is 8.00. The van der Waals surface area contributed by atoms with Crippen LogP contribution in [0.2, 0.25) is 5.02 Å². The quantitative estimate of drug-likeness (QED) is 0.816. The maximum Gasteiger partial charge on any atom is 0.234 e. The molecule has 21 heavy (non-hydrogen) atoms. The number of amides is 1. The molecule has 0 aliphatic carbocycles. The van der Waals surface area contributed by atoms with Crippen LogP contribution in [0.25, 0.3) is 0 Å². The van der Waals surface area contributed by atoms with Crippen LogP contribution in [-0.2, 0) is 4.79 Å². The number of thioether (sulfide) groups is 1. The van der Waals surface area contributed by atoms with Gasteiger partial charge in [-0.2, -0.15) is 0 Å². The second-order valence-electron chi connectivity index (χ2n) is 4.70. The van der Waals surface area contributed by atoms with Crippen molar-refractivity contribution in [3.05, 3.63) is 59.1 Å². The van der Waals surface area contributed by atoms with E-state index in [0.29, 0.717) is 16.5 Å². The van der Waals surface area contributed by atoms with Crippen molar-refractivity contribution in [2.75, 3.05) is 11.1 Å². The standard InChI is InChI=1S/C16H17ClN2OS/c1-11(18)12-5-7-15(8-6-12)21-10-16(20)19-14-4-2-3-13(17)9-14/h2-9,11H,10,18H2,1H3,(H,19,20). The van der Waals surface area contributed by atoms with E-state index in [4.69, 9.17) is 17.3 Å². The molecule has 2 aromatic rings. The first-order valence-corrected chi connectivity index (χ1v) is 7.95. The molecule has 0 aliphatic heterocycles. The fourth-order valence-electron chi connectivity index (χ4n) is 1.78. The fourth-order valence-corrected chi connectivity index (χ4v) is 2.67. The Bertz CT molecular complexity index is 614. The lowest BCUT2D eigenvalue weighted by atomic mass is 10.1. The molecule has 1 amide bonds. The lowest BCUT2D eigenvalue weighted by Crippen LogP contribution is -2.13. The Balaban J connectivity index is 1.86. The first kappa shape index (κ1) is 15.9. The SMILES string of the molecule is CC(N)c1ccc(SCC(=O)Nc2cccc(Cl)c2)cc1. The van der Waals surface area contributed by atoms with Crippen molar-refractivity contribution in [3.8, 4) is 0 Å². The average molecular weight is 321 g/mol. The molecule has 2 rings (SSSR count). The normalized spacial score (nSPS) is 12.0. The Hall–Kier alpha value is -1.49. The van der Waals surface area contributed by atoms with Gasteiger partial charge in [0.1, 0.15) is 0 Å². The molecule has 0 saturated carbocycles. The number of rotatable bonds is 5. The average Bonchev–Trinajstić information content (AvgIpc) is 2.45. The molecule has 1 unspecified atom stereocenters. The molecule has 1 atom stereocenters. The summed E-state index contributed by atoms with van der Waals surface area (Å²) in [6.07, 6.45) is 0. The number of benzene rings is 2. The largest absolute Gasteiger partial charge is 0.325 e. The maximum atomic E-state index is 11.9. The monoisotopic (exact) mass is 320 g/mol. The maximum absolute atomic E-state index is 11.9. The zero-order chi connectivity index (χ0) is 15.2. The summed E-state index contributed by atoms with van der Waals surface area (Å²) in [6, 6.07) is 15.1. The van der Waals surface area contributed by atoms with E-state index in [1.807, 2.05) is 37.3 Å². The predicted molar refractivity (Wildman–Crippen MR) is 89.9 cm³/mol. The number of nitrogens with two attached hydrogens (primary N) is 1. The third kappa shape index (κ3) is 5.08. The van der Waals surface area contributed by atoms with E-state index in [1.54, 1.807) is 18.2 Å². The molecule has 0 spiro atoms. The lowest BCUT2D eigenvalue weighted by molar-refractivity contribution is -0.113. The van der Waals surface area contributed by atoms with Crippen molar-refractivity contribution in [3.63, 3.8) is 0 Å². The molecular weight excluding hydrogens is 304 g/mol. The Morgan fingerprint density at radius 1 is 1.29 bits per heavy atom. The zero-order valence-corrected chi connectivity index (χ0v) is 13.2. The Labute approximate surface area is 133 Å². The highest BCUT2D eigenvalue weighted by Crippen LogP contribution is 2.21. The van der Waals surface area contributed by atoms with Gasteiger partial charge in [0.05, 0.1) is 5.75 Å². The van der Waals surface area contributed by atoms with Crippen molar-refractivity contribution in [2.45, 2.75) is 17.9 Å². The molecule has 3 N–H and O–H groups in total. The summed E-state index contributed by atoms with van der Waals surface area (Å²) in [5.41, 5.74) is 7.60. The van der Waals surface area contributed by atoms with Gasteiger partial charge < -0.3 is 11.1 Å². The summed E-state index contributed by atoms with van der Waals surface area (Å²) in [5.74, 6) is 0.294. The van der Waals surface area contributed by atoms with Gasteiger partial charge in [-0.05, 0) is 42.8 Å². The lowest BCUT2D eigenvalue weighted by Gasteiger charge is -2.07. The van der Waals surface area contributed by atoms with Gasteiger partial charge in [-0.1, -0.05) is 29.8 Å². The van der Waals surface area contributed by atoms with E-state index in [-0.39, 0.29) is 11.9 Å². The third-order valence-corrected chi connectivity index (χ3v) is 4.13. The minimum Gasteiger partial charge on any atom is -0.325 e. The summed E-state index contributed by atoms with van der Waals surface area (Å²) in [6.45, 7) is 1.95. The van der Waals surface area contributed by atoms with Gasteiger partial charge in [-0.25, -0.2) is 0 Å². The summed E-state index contributed by atoms with van der Waals surface area (Å²) in [5, 5.41) is 3.42. The van der Waals surface area contributed by atoms with Gasteiger partial charge in [0.15, 0.2) is 0 Å². The number of carbonyl (C=O) groups is 1. The Kier molecular flexibility index (Phi) is 5.67. The van der Waals surface area contributed by atoms with E-state index in [9.17, 15) is 4.79 Å². The number of nitrogens with one attached hydrogen (secondary N) is 1. The van der Waals surface area contributed by atoms with Crippen molar-refractivity contribution >= 4 is 35.0 Å². The van der Waals surface area contributed by atoms with Crippen LogP contribution in [0.3, 0.4) is 0 Å². The van der Waals surface area contributed by atoms with Gasteiger partial charge in [-0.3, -0.25) is 4.79 Å². The van der Waals surface area contributed by atoms with Crippen molar-refractivity contribution < 1.29 is 4.79 Å². The number of halogens is 1. The molecule has 0 saturated heterocycles. The van der Waals surface area contributed by atoms with Crippen molar-refractivity contribution in [1.82, 2.24) is 0 Å². The van der Waals surface area contributed by atoms with E-state index >= 15 is 0 Å². The Morgan fingerprint density at radius 2 is 2.00 bits per heavy atom. The minimum absolute atomic E-state index is 0.0233. The molecule has 0 aromatic heterocycles. The van der Waals surface area contributed by atoms with E-state index in [1.165, 1.54) is 11.8 Å². The molecule has 0 heterocycles. The van der Waals surface area contributed by atoms with E-state index < -0.39 is 0 Å². The first-order chi connectivity index (χ1) is 10.0. The summed E-state index contributed by atoms with van der Waals surface area (Å²) in [7, 11) is 0. The smallest absolute Gasteiger partial charge is 0.234 e. The topological polar surface area (TPSA) is 55.1 Å². The second kappa shape index (κ2) is 7.50. The van der Waals surface area contributed by atoms with Gasteiger partial charge in [0.2, 0.25) is 5.91 Å². The van der Waals surface area contributed by atoms with Crippen molar-refractivity contribution in [1.29, 1.82) is 0 Å². The van der Waals surface area contributed by atoms with E-state index in [0.717, 1.165) is 10.5 Å². The minimum atomic E-state index is -0.0569. The zero-order valence-electron chi connectivity index (χ0n) is 11.7. The molecular formula is C16H17ClN2OS. The van der Waals surface area contributed by atoms with Crippen LogP contribution in [0.5, 0.6) is 0 Å². The molecule has 110 valence electrons. The van der Waals surface area contributed by atoms with Crippen LogP contribution in [-0.4, -0.2) is 11.7 Å². The highest BCUT2D eigenvalue weighted by atomic mass is 35.5. The van der Waals surface area contributed by atoms with Crippen LogP contribution in [0, 0.1) is 0 Å². The molecule has 0 fully saturated rings. The number of hydrogen-bond donors (Lipinski definition) is 2. The molecule has 5 heteroatoms. The summed E-state index contributed by atoms with van der Waals surface area (Å²) >= 11 is 7.36. The second-order valence-corrected chi connectivity index (χ2v) is 6.19. The van der Waals surface area contributed by atoms with Crippen LogP contribution in [0.1, 0.15) is 18.5 Å². The van der Waals surface area contributed by atoms with Crippen LogP contribution in [0.4, 0.5) is 5.69 Å². The van der Waals surface area contributed by atoms with Crippen LogP contribution < -0.4 is 11.1 Å². The number of hydrogen-bond acceptors (Lipinski definition) is 3. The van der Waals surface area contributed by atoms with Gasteiger partial charge in [-0.15, -0.1) is 11.8 Å². The van der Waals surface area contributed by atoms with Crippen molar-refractivity contribution in [2.24, 2.45) is 5.73 Å². The van der Waals surface area contributed by atoms with Gasteiger partial charge in [0, 0.05) is 21.6 Å². The molecule has 0 bridgehead atoms. The number of anilines is 1. The van der Waals surface area contributed by atoms with Crippen LogP contribution in [0.15, 0.2) is 53.4 Å². The third-order valence-electron chi connectivity index (χ3n) is 2.88. The summed E-state index contributed by atoms with van der Waals surface area (Å²) < 4.78 is 0. The molecule has 0 aliphatic rings. The molecule has 2 aromatic carbocycles. The van der Waals surface area contributed by atoms with Crippen LogP contribution >= 0.6 is 23.4 Å². The Morgan fingerprint density at radius 3 is 2.62 bits per heavy atom. The first-order valence-electron chi connectivity index (χ1n) is 6.58. The van der Waals surface area contributed by atoms with E-state index in [2.05, 4.69) is 5.32 Å². The highest BCUT2D eigenvalue weighted by Gasteiger charge is 2.05. The number of carbonyl (C=O) groups excluding carboxylic acids is 1. The predicted octanol–water partition coefficient (Wildman–Crippen LogP) is 4.09. The van der Waals surface area contributed by atoms with Gasteiger partial charge in [0.25, 0.3) is 0 Å². The molecule has 3 nitrogen and oxygen atoms in total. The fraction of sp³-hybridized carbons (Fsp3) is 0.188. The summed E-state index contributed by atoms with van der Waals surface area (Å²) in [4.78, 5) is 12.9. The van der Waals surface area contributed by atoms with Gasteiger partial charge >= 0.3 is 0 Å². The molecule has 0 radical (unpaired) electrons.